The molecule has 0 atom stereocenters. The van der Waals surface area contributed by atoms with Crippen LogP contribution < -0.4 is 0 Å². The Hall–Kier alpha value is -2.21. The van der Waals surface area contributed by atoms with Gasteiger partial charge in [-0.1, -0.05) is 19.4 Å². The first-order valence-corrected chi connectivity index (χ1v) is 8.34. The summed E-state index contributed by atoms with van der Waals surface area (Å²) in [7, 11) is 3.49. The molecular formula is C18H26N4O2. The molecule has 2 heterocycles. The van der Waals surface area contributed by atoms with Crippen LogP contribution in [0.4, 0.5) is 0 Å². The summed E-state index contributed by atoms with van der Waals surface area (Å²) >= 11 is 0. The van der Waals surface area contributed by atoms with Gasteiger partial charge in [0.25, 0.3) is 5.91 Å². The Morgan fingerprint density at radius 3 is 2.71 bits per heavy atom. The van der Waals surface area contributed by atoms with Crippen molar-refractivity contribution in [3.8, 4) is 0 Å². The van der Waals surface area contributed by atoms with Gasteiger partial charge in [-0.25, -0.2) is 0 Å². The number of methoxy groups -OCH3 is 1. The van der Waals surface area contributed by atoms with Crippen molar-refractivity contribution in [3.05, 3.63) is 47.5 Å². The number of carbonyl (C=O) groups excluding carboxylic acids is 1. The highest BCUT2D eigenvalue weighted by molar-refractivity contribution is 5.92. The van der Waals surface area contributed by atoms with E-state index in [1.54, 1.807) is 22.9 Å². The molecule has 0 aromatic carbocycles. The Balaban J connectivity index is 2.08. The number of aromatic nitrogens is 3. The minimum atomic E-state index is -0.0852. The van der Waals surface area contributed by atoms with Gasteiger partial charge >= 0.3 is 0 Å². The first-order chi connectivity index (χ1) is 11.6. The maximum atomic E-state index is 12.8. The standard InChI is InChI=1S/C18H26N4O2/c1-4-5-6-15-7-8-17(19-11-15)18(23)22(9-10-24-3)14-16-12-20-21(2)13-16/h7-8,11-13H,4-6,9-10,14H2,1-3H3. The van der Waals surface area contributed by atoms with E-state index in [2.05, 4.69) is 17.0 Å². The van der Waals surface area contributed by atoms with E-state index in [0.717, 1.165) is 24.8 Å². The third-order valence-corrected chi connectivity index (χ3v) is 3.85. The fraction of sp³-hybridized carbons (Fsp3) is 0.500. The van der Waals surface area contributed by atoms with Gasteiger partial charge in [0, 0.05) is 45.2 Å². The van der Waals surface area contributed by atoms with E-state index >= 15 is 0 Å². The highest BCUT2D eigenvalue weighted by Gasteiger charge is 2.18. The van der Waals surface area contributed by atoms with Crippen LogP contribution in [0.15, 0.2) is 30.7 Å². The van der Waals surface area contributed by atoms with E-state index in [-0.39, 0.29) is 5.91 Å². The quantitative estimate of drug-likeness (QED) is 0.708. The summed E-state index contributed by atoms with van der Waals surface area (Å²) in [5, 5.41) is 4.15. The second-order valence-electron chi connectivity index (χ2n) is 5.90. The molecule has 0 aliphatic rings. The Morgan fingerprint density at radius 1 is 1.29 bits per heavy atom. The molecule has 2 aromatic rings. The molecule has 0 N–H and O–H groups in total. The van der Waals surface area contributed by atoms with E-state index in [0.29, 0.717) is 25.4 Å². The summed E-state index contributed by atoms with van der Waals surface area (Å²) in [5.41, 5.74) is 2.63. The predicted molar refractivity (Wildman–Crippen MR) is 92.7 cm³/mol. The summed E-state index contributed by atoms with van der Waals surface area (Å²) < 4.78 is 6.86. The molecule has 130 valence electrons. The lowest BCUT2D eigenvalue weighted by Gasteiger charge is -2.21. The summed E-state index contributed by atoms with van der Waals surface area (Å²) in [6.45, 7) is 3.66. The minimum absolute atomic E-state index is 0.0852. The van der Waals surface area contributed by atoms with Gasteiger partial charge in [-0.3, -0.25) is 14.5 Å². The molecule has 0 aliphatic carbocycles. The average Bonchev–Trinajstić information content (AvgIpc) is 3.01. The van der Waals surface area contributed by atoms with Gasteiger partial charge in [-0.05, 0) is 24.5 Å². The number of rotatable bonds is 9. The van der Waals surface area contributed by atoms with Crippen molar-refractivity contribution in [1.29, 1.82) is 0 Å². The van der Waals surface area contributed by atoms with Crippen LogP contribution in [0.1, 0.15) is 41.4 Å². The number of hydrogen-bond donors (Lipinski definition) is 0. The second kappa shape index (κ2) is 9.17. The van der Waals surface area contributed by atoms with Crippen molar-refractivity contribution in [2.24, 2.45) is 7.05 Å². The van der Waals surface area contributed by atoms with Crippen LogP contribution in [0, 0.1) is 0 Å². The topological polar surface area (TPSA) is 60.3 Å². The normalized spacial score (nSPS) is 10.8. The minimum Gasteiger partial charge on any atom is -0.383 e. The first-order valence-electron chi connectivity index (χ1n) is 8.34. The molecule has 1 amide bonds. The molecule has 6 heteroatoms. The molecule has 0 spiro atoms. The van der Waals surface area contributed by atoms with Gasteiger partial charge in [0.05, 0.1) is 12.8 Å². The molecule has 6 nitrogen and oxygen atoms in total. The fourth-order valence-corrected chi connectivity index (χ4v) is 2.47. The zero-order valence-corrected chi connectivity index (χ0v) is 14.7. The smallest absolute Gasteiger partial charge is 0.272 e. The Bertz CT molecular complexity index is 637. The van der Waals surface area contributed by atoms with E-state index in [1.165, 1.54) is 5.56 Å². The Labute approximate surface area is 143 Å². The van der Waals surface area contributed by atoms with Crippen molar-refractivity contribution < 1.29 is 9.53 Å². The number of carbonyl (C=O) groups is 1. The zero-order chi connectivity index (χ0) is 17.4. The predicted octanol–water partition coefficient (Wildman–Crippen LogP) is 2.45. The van der Waals surface area contributed by atoms with Crippen molar-refractivity contribution in [3.63, 3.8) is 0 Å². The number of nitrogens with zero attached hydrogens (tertiary/aromatic N) is 4. The lowest BCUT2D eigenvalue weighted by molar-refractivity contribution is 0.0674. The summed E-state index contributed by atoms with van der Waals surface area (Å²) in [6.07, 6.45) is 8.78. The van der Waals surface area contributed by atoms with Gasteiger partial charge < -0.3 is 9.64 Å². The maximum absolute atomic E-state index is 12.8. The van der Waals surface area contributed by atoms with Crippen LogP contribution in [0.2, 0.25) is 0 Å². The monoisotopic (exact) mass is 330 g/mol. The highest BCUT2D eigenvalue weighted by Crippen LogP contribution is 2.10. The molecule has 0 saturated heterocycles. The van der Waals surface area contributed by atoms with Crippen LogP contribution in [-0.2, 0) is 24.8 Å². The molecule has 2 rings (SSSR count). The fourth-order valence-electron chi connectivity index (χ4n) is 2.47. The van der Waals surface area contributed by atoms with E-state index < -0.39 is 0 Å². The number of ether oxygens (including phenoxy) is 1. The van der Waals surface area contributed by atoms with E-state index in [9.17, 15) is 4.79 Å². The van der Waals surface area contributed by atoms with Gasteiger partial charge in [0.1, 0.15) is 5.69 Å². The molecule has 0 saturated carbocycles. The summed E-state index contributed by atoms with van der Waals surface area (Å²) in [6, 6.07) is 3.81. The Kier molecular flexibility index (Phi) is 6.93. The van der Waals surface area contributed by atoms with Gasteiger partial charge in [0.15, 0.2) is 0 Å². The van der Waals surface area contributed by atoms with Crippen molar-refractivity contribution in [2.45, 2.75) is 32.7 Å². The molecule has 0 fully saturated rings. The second-order valence-corrected chi connectivity index (χ2v) is 5.90. The lowest BCUT2D eigenvalue weighted by atomic mass is 10.1. The molecule has 0 unspecified atom stereocenters. The molecular weight excluding hydrogens is 304 g/mol. The number of aryl methyl sites for hydroxylation is 2. The van der Waals surface area contributed by atoms with E-state index in [4.69, 9.17) is 4.74 Å². The molecule has 24 heavy (non-hydrogen) atoms. The van der Waals surface area contributed by atoms with Crippen LogP contribution in [0.3, 0.4) is 0 Å². The van der Waals surface area contributed by atoms with Gasteiger partial charge in [0.2, 0.25) is 0 Å². The number of pyridine rings is 1. The Morgan fingerprint density at radius 2 is 2.12 bits per heavy atom. The van der Waals surface area contributed by atoms with Crippen LogP contribution >= 0.6 is 0 Å². The van der Waals surface area contributed by atoms with Crippen molar-refractivity contribution >= 4 is 5.91 Å². The number of hydrogen-bond acceptors (Lipinski definition) is 4. The van der Waals surface area contributed by atoms with Crippen LogP contribution in [0.5, 0.6) is 0 Å². The summed E-state index contributed by atoms with van der Waals surface area (Å²) in [4.78, 5) is 18.9. The molecule has 0 radical (unpaired) electrons. The first kappa shape index (κ1) is 18.1. The SMILES string of the molecule is CCCCc1ccc(C(=O)N(CCOC)Cc2cnn(C)c2)nc1. The number of unbranched alkanes of at least 4 members (excludes halogenated alkanes) is 1. The molecule has 2 aromatic heterocycles. The highest BCUT2D eigenvalue weighted by atomic mass is 16.5. The lowest BCUT2D eigenvalue weighted by Crippen LogP contribution is -2.34. The van der Waals surface area contributed by atoms with Crippen molar-refractivity contribution in [2.75, 3.05) is 20.3 Å². The van der Waals surface area contributed by atoms with Crippen molar-refractivity contribution in [1.82, 2.24) is 19.7 Å². The third-order valence-electron chi connectivity index (χ3n) is 3.85. The average molecular weight is 330 g/mol. The van der Waals surface area contributed by atoms with Gasteiger partial charge in [-0.2, -0.15) is 5.10 Å². The largest absolute Gasteiger partial charge is 0.383 e. The maximum Gasteiger partial charge on any atom is 0.272 e. The summed E-state index contributed by atoms with van der Waals surface area (Å²) in [5.74, 6) is -0.0852. The zero-order valence-electron chi connectivity index (χ0n) is 14.7. The molecule has 0 bridgehead atoms. The van der Waals surface area contributed by atoms with Crippen LogP contribution in [-0.4, -0.2) is 45.8 Å². The van der Waals surface area contributed by atoms with Crippen LogP contribution in [0.25, 0.3) is 0 Å². The van der Waals surface area contributed by atoms with Gasteiger partial charge in [-0.15, -0.1) is 0 Å². The third kappa shape index (κ3) is 5.16. The molecule has 0 aliphatic heterocycles. The number of amides is 1. The van der Waals surface area contributed by atoms with E-state index in [1.807, 2.05) is 31.6 Å².